The summed E-state index contributed by atoms with van der Waals surface area (Å²) in [5, 5.41) is 4.35. The molecular formula is C29H29F2N5O4. The van der Waals surface area contributed by atoms with Gasteiger partial charge in [0.05, 0.1) is 18.3 Å². The van der Waals surface area contributed by atoms with Crippen molar-refractivity contribution < 1.29 is 23.1 Å². The first-order chi connectivity index (χ1) is 19.3. The van der Waals surface area contributed by atoms with Crippen molar-refractivity contribution in [1.29, 1.82) is 0 Å². The molecule has 0 N–H and O–H groups in total. The van der Waals surface area contributed by atoms with E-state index in [1.807, 2.05) is 37.4 Å². The maximum absolute atomic E-state index is 15.4. The summed E-state index contributed by atoms with van der Waals surface area (Å²) in [5.74, 6) is -3.60. The zero-order valence-electron chi connectivity index (χ0n) is 22.0. The van der Waals surface area contributed by atoms with Crippen LogP contribution in [-0.2, 0) is 0 Å². The van der Waals surface area contributed by atoms with Crippen LogP contribution in [-0.4, -0.2) is 82.3 Å². The molecule has 2 fully saturated rings. The molecule has 3 aromatic rings. The number of halogens is 2. The molecule has 3 atom stereocenters. The number of ether oxygens (including phenoxy) is 1. The molecular weight excluding hydrogens is 520 g/mol. The van der Waals surface area contributed by atoms with Crippen molar-refractivity contribution in [3.63, 3.8) is 0 Å². The SMILES string of the molecule is CN1CCN(C(=O)Oc2c3n(ncc2=O)[C@@H](C(c2ccccc2)c2cccc(F)c2F)[C@H]2CCCN2C3=O)CC1. The fourth-order valence-corrected chi connectivity index (χ4v) is 6.16. The van der Waals surface area contributed by atoms with Gasteiger partial charge in [0, 0.05) is 44.2 Å². The molecule has 3 aliphatic rings. The highest BCUT2D eigenvalue weighted by molar-refractivity contribution is 5.97. The van der Waals surface area contributed by atoms with Crippen molar-refractivity contribution in [2.24, 2.45) is 0 Å². The van der Waals surface area contributed by atoms with E-state index in [2.05, 4.69) is 10.00 Å². The third-order valence-electron chi connectivity index (χ3n) is 8.17. The van der Waals surface area contributed by atoms with E-state index < -0.39 is 52.8 Å². The number of piperazine rings is 1. The highest BCUT2D eigenvalue weighted by atomic mass is 19.2. The van der Waals surface area contributed by atoms with Crippen LogP contribution in [0, 0.1) is 11.6 Å². The van der Waals surface area contributed by atoms with Gasteiger partial charge in [-0.15, -0.1) is 0 Å². The Hall–Kier alpha value is -4.12. The van der Waals surface area contributed by atoms with Crippen molar-refractivity contribution in [2.75, 3.05) is 39.8 Å². The van der Waals surface area contributed by atoms with Gasteiger partial charge in [-0.25, -0.2) is 18.3 Å². The molecule has 0 bridgehead atoms. The Kier molecular flexibility index (Phi) is 6.83. The fraction of sp³-hybridized carbons (Fsp3) is 0.379. The molecule has 9 nitrogen and oxygen atoms in total. The molecule has 2 saturated heterocycles. The minimum atomic E-state index is -0.984. The molecule has 11 heteroatoms. The quantitative estimate of drug-likeness (QED) is 0.497. The standard InChI is InChI=1S/C29H29F2N5O4/c1-33-13-15-34(16-14-33)29(39)40-27-22(37)17-32-36-25(21-11-6-12-35(21)28(38)26(27)36)23(18-7-3-2-4-8-18)19-9-5-10-20(30)24(19)31/h2-5,7-10,17,21,23,25H,6,11-16H2,1H3/t21-,23?,25-/m1/s1. The molecule has 0 saturated carbocycles. The van der Waals surface area contributed by atoms with Gasteiger partial charge in [0.2, 0.25) is 11.2 Å². The van der Waals surface area contributed by atoms with Crippen molar-refractivity contribution in [2.45, 2.75) is 30.8 Å². The van der Waals surface area contributed by atoms with Gasteiger partial charge < -0.3 is 19.4 Å². The number of amides is 2. The van der Waals surface area contributed by atoms with E-state index in [1.54, 1.807) is 4.90 Å². The van der Waals surface area contributed by atoms with Crippen LogP contribution in [0.3, 0.4) is 0 Å². The van der Waals surface area contributed by atoms with Crippen LogP contribution in [0.1, 0.15) is 46.4 Å². The Morgan fingerprint density at radius 3 is 2.50 bits per heavy atom. The lowest BCUT2D eigenvalue weighted by atomic mass is 9.79. The highest BCUT2D eigenvalue weighted by Crippen LogP contribution is 2.46. The number of fused-ring (bicyclic) bond motifs is 2. The first kappa shape index (κ1) is 26.1. The van der Waals surface area contributed by atoms with Gasteiger partial charge in [-0.2, -0.15) is 5.10 Å². The van der Waals surface area contributed by atoms with Crippen molar-refractivity contribution in [1.82, 2.24) is 24.5 Å². The Balaban J connectivity index is 1.51. The second-order valence-electron chi connectivity index (χ2n) is 10.5. The normalized spacial score (nSPS) is 21.6. The zero-order chi connectivity index (χ0) is 28.0. The predicted octanol–water partition coefficient (Wildman–Crippen LogP) is 3.26. The zero-order valence-corrected chi connectivity index (χ0v) is 22.0. The molecule has 2 amide bonds. The lowest BCUT2D eigenvalue weighted by molar-refractivity contribution is 0.0561. The van der Waals surface area contributed by atoms with Crippen molar-refractivity contribution >= 4 is 12.0 Å². The van der Waals surface area contributed by atoms with Gasteiger partial charge in [-0.05, 0) is 31.5 Å². The summed E-state index contributed by atoms with van der Waals surface area (Å²) in [6.45, 7) is 2.56. The second-order valence-corrected chi connectivity index (χ2v) is 10.5. The van der Waals surface area contributed by atoms with Crippen LogP contribution in [0.15, 0.2) is 59.5 Å². The topological polar surface area (TPSA) is 88.0 Å². The molecule has 2 aromatic carbocycles. The summed E-state index contributed by atoms with van der Waals surface area (Å²) in [6.07, 6.45) is 1.60. The number of carbonyl (C=O) groups is 2. The summed E-state index contributed by atoms with van der Waals surface area (Å²) in [4.78, 5) is 45.2. The van der Waals surface area contributed by atoms with Crippen molar-refractivity contribution in [3.8, 4) is 5.75 Å². The number of hydrogen-bond acceptors (Lipinski definition) is 6. The van der Waals surface area contributed by atoms with E-state index in [0.717, 1.165) is 12.3 Å². The van der Waals surface area contributed by atoms with Crippen LogP contribution in [0.2, 0.25) is 0 Å². The van der Waals surface area contributed by atoms with Gasteiger partial charge in [0.1, 0.15) is 0 Å². The molecule has 3 aliphatic heterocycles. The Morgan fingerprint density at radius 2 is 1.75 bits per heavy atom. The summed E-state index contributed by atoms with van der Waals surface area (Å²) in [6, 6.07) is 12.0. The molecule has 40 heavy (non-hydrogen) atoms. The van der Waals surface area contributed by atoms with Crippen molar-refractivity contribution in [3.05, 3.63) is 93.4 Å². The lowest BCUT2D eigenvalue weighted by Crippen LogP contribution is -2.52. The highest BCUT2D eigenvalue weighted by Gasteiger charge is 2.49. The molecule has 4 heterocycles. The smallest absolute Gasteiger partial charge is 0.403 e. The number of benzene rings is 2. The second kappa shape index (κ2) is 10.5. The van der Waals surface area contributed by atoms with E-state index in [1.165, 1.54) is 21.7 Å². The summed E-state index contributed by atoms with van der Waals surface area (Å²) >= 11 is 0. The van der Waals surface area contributed by atoms with Crippen LogP contribution in [0.5, 0.6) is 5.75 Å². The Bertz CT molecular complexity index is 1510. The van der Waals surface area contributed by atoms with Gasteiger partial charge in [0.15, 0.2) is 17.3 Å². The minimum Gasteiger partial charge on any atom is -0.403 e. The van der Waals surface area contributed by atoms with Gasteiger partial charge in [-0.3, -0.25) is 9.59 Å². The number of hydrogen-bond donors (Lipinski definition) is 0. The number of rotatable bonds is 4. The predicted molar refractivity (Wildman–Crippen MR) is 141 cm³/mol. The van der Waals surface area contributed by atoms with E-state index in [9.17, 15) is 18.8 Å². The number of likely N-dealkylation sites (N-methyl/N-ethyl adjacent to an activating group) is 1. The number of nitrogens with zero attached hydrogens (tertiary/aromatic N) is 5. The molecule has 208 valence electrons. The van der Waals surface area contributed by atoms with Crippen LogP contribution < -0.4 is 10.2 Å². The third-order valence-corrected chi connectivity index (χ3v) is 8.17. The average molecular weight is 550 g/mol. The maximum atomic E-state index is 15.4. The van der Waals surface area contributed by atoms with Crippen LogP contribution >= 0.6 is 0 Å². The van der Waals surface area contributed by atoms with E-state index in [-0.39, 0.29) is 11.3 Å². The van der Waals surface area contributed by atoms with E-state index in [0.29, 0.717) is 51.1 Å². The number of carbonyl (C=O) groups excluding carboxylic acids is 2. The van der Waals surface area contributed by atoms with Crippen LogP contribution in [0.4, 0.5) is 13.6 Å². The fourth-order valence-electron chi connectivity index (χ4n) is 6.16. The molecule has 0 radical (unpaired) electrons. The molecule has 1 aromatic heterocycles. The maximum Gasteiger partial charge on any atom is 0.415 e. The van der Waals surface area contributed by atoms with Gasteiger partial charge >= 0.3 is 6.09 Å². The Labute approximate surface area is 229 Å². The van der Waals surface area contributed by atoms with E-state index >= 15 is 4.39 Å². The largest absolute Gasteiger partial charge is 0.415 e. The number of aromatic nitrogens is 2. The lowest BCUT2D eigenvalue weighted by Gasteiger charge is -2.42. The molecule has 0 aliphatic carbocycles. The Morgan fingerprint density at radius 1 is 1.00 bits per heavy atom. The molecule has 0 spiro atoms. The summed E-state index contributed by atoms with van der Waals surface area (Å²) < 4.78 is 37.0. The molecule has 6 rings (SSSR count). The summed E-state index contributed by atoms with van der Waals surface area (Å²) in [5.41, 5.74) is -0.0528. The first-order valence-electron chi connectivity index (χ1n) is 13.4. The van der Waals surface area contributed by atoms with Gasteiger partial charge in [0.25, 0.3) is 5.91 Å². The minimum absolute atomic E-state index is 0.111. The van der Waals surface area contributed by atoms with E-state index in [4.69, 9.17) is 4.74 Å². The average Bonchev–Trinajstić information content (AvgIpc) is 3.45. The first-order valence-corrected chi connectivity index (χ1v) is 13.4. The van der Waals surface area contributed by atoms with Gasteiger partial charge in [-0.1, -0.05) is 42.5 Å². The third kappa shape index (κ3) is 4.43. The van der Waals surface area contributed by atoms with Crippen LogP contribution in [0.25, 0.3) is 0 Å². The summed E-state index contributed by atoms with van der Waals surface area (Å²) in [7, 11) is 1.95. The monoisotopic (exact) mass is 549 g/mol. The molecule has 1 unspecified atom stereocenters.